The van der Waals surface area contributed by atoms with Gasteiger partial charge in [-0.25, -0.2) is 9.59 Å². The van der Waals surface area contributed by atoms with Crippen molar-refractivity contribution in [2.45, 2.75) is 26.3 Å². The van der Waals surface area contributed by atoms with Gasteiger partial charge in [0.1, 0.15) is 12.8 Å². The zero-order valence-electron chi connectivity index (χ0n) is 9.24. The first-order chi connectivity index (χ1) is 6.97. The Hall–Kier alpha value is -1.30. The normalized spacial score (nSPS) is 12.3. The molecule has 3 N–H and O–H groups in total. The molecule has 0 aromatic heterocycles. The fraction of sp³-hybridized carbons (Fsp3) is 0.778. The lowest BCUT2D eigenvalue weighted by molar-refractivity contribution is -0.139. The Bertz CT molecular complexity index is 218. The van der Waals surface area contributed by atoms with Gasteiger partial charge in [-0.1, -0.05) is 13.8 Å². The van der Waals surface area contributed by atoms with E-state index < -0.39 is 18.0 Å². The zero-order valence-corrected chi connectivity index (χ0v) is 9.24. The smallest absolute Gasteiger partial charge is 0.326 e. The van der Waals surface area contributed by atoms with E-state index in [1.165, 1.54) is 7.11 Å². The summed E-state index contributed by atoms with van der Waals surface area (Å²) in [6, 6.07) is -1.40. The number of carboxylic acid groups (broad SMARTS) is 1. The lowest BCUT2D eigenvalue weighted by atomic mass is 10.0. The predicted molar refractivity (Wildman–Crippen MR) is 54.4 cm³/mol. The van der Waals surface area contributed by atoms with E-state index in [-0.39, 0.29) is 12.6 Å². The number of nitrogens with one attached hydrogen (secondary N) is 2. The van der Waals surface area contributed by atoms with Crippen molar-refractivity contribution in [3.63, 3.8) is 0 Å². The first-order valence-electron chi connectivity index (χ1n) is 4.73. The number of hydrogen-bond acceptors (Lipinski definition) is 3. The lowest BCUT2D eigenvalue weighted by Gasteiger charge is -2.16. The molecule has 0 heterocycles. The number of rotatable bonds is 6. The van der Waals surface area contributed by atoms with Crippen LogP contribution in [0.2, 0.25) is 0 Å². The van der Waals surface area contributed by atoms with Gasteiger partial charge in [0.2, 0.25) is 0 Å². The van der Waals surface area contributed by atoms with Crippen molar-refractivity contribution in [2.24, 2.45) is 5.92 Å². The quantitative estimate of drug-likeness (QED) is 0.563. The van der Waals surface area contributed by atoms with Gasteiger partial charge >= 0.3 is 12.0 Å². The molecule has 1 unspecified atom stereocenters. The maximum atomic E-state index is 11.1. The summed E-state index contributed by atoms with van der Waals surface area (Å²) in [6.07, 6.45) is 0.399. The second-order valence-electron chi connectivity index (χ2n) is 3.60. The first-order valence-corrected chi connectivity index (χ1v) is 4.73. The number of ether oxygens (including phenoxy) is 1. The van der Waals surface area contributed by atoms with E-state index in [9.17, 15) is 9.59 Å². The second kappa shape index (κ2) is 7.05. The van der Waals surface area contributed by atoms with Crippen molar-refractivity contribution >= 4 is 12.0 Å². The molecule has 0 saturated heterocycles. The van der Waals surface area contributed by atoms with Crippen molar-refractivity contribution in [3.05, 3.63) is 0 Å². The molecule has 0 fully saturated rings. The van der Waals surface area contributed by atoms with Crippen LogP contribution in [0.4, 0.5) is 4.79 Å². The van der Waals surface area contributed by atoms with E-state index in [2.05, 4.69) is 15.4 Å². The molecule has 0 radical (unpaired) electrons. The summed E-state index contributed by atoms with van der Waals surface area (Å²) >= 11 is 0. The molecule has 1 atom stereocenters. The highest BCUT2D eigenvalue weighted by atomic mass is 16.5. The monoisotopic (exact) mass is 218 g/mol. The number of carbonyl (C=O) groups is 2. The van der Waals surface area contributed by atoms with Gasteiger partial charge in [-0.15, -0.1) is 0 Å². The molecule has 0 aromatic rings. The standard InChI is InChI=1S/C9H18N2O4/c1-6(2)4-7(8(12)13)11-9(14)10-5-15-3/h6-7H,4-5H2,1-3H3,(H,12,13)(H2,10,11,14). The van der Waals surface area contributed by atoms with Crippen LogP contribution in [0.5, 0.6) is 0 Å². The van der Waals surface area contributed by atoms with Crippen molar-refractivity contribution < 1.29 is 19.4 Å². The predicted octanol–water partition coefficient (Wildman–Crippen LogP) is 0.389. The second-order valence-corrected chi connectivity index (χ2v) is 3.60. The molecule has 2 amide bonds. The summed E-state index contributed by atoms with van der Waals surface area (Å²) < 4.78 is 4.62. The molecule has 0 saturated carbocycles. The number of carbonyl (C=O) groups excluding carboxylic acids is 1. The maximum absolute atomic E-state index is 11.1. The van der Waals surface area contributed by atoms with Crippen molar-refractivity contribution in [3.8, 4) is 0 Å². The Morgan fingerprint density at radius 3 is 2.40 bits per heavy atom. The minimum Gasteiger partial charge on any atom is -0.480 e. The number of aliphatic carboxylic acids is 1. The van der Waals surface area contributed by atoms with E-state index in [0.717, 1.165) is 0 Å². The summed E-state index contributed by atoms with van der Waals surface area (Å²) in [5.74, 6) is -0.829. The molecule has 0 aliphatic rings. The molecular formula is C9H18N2O4. The van der Waals surface area contributed by atoms with Gasteiger partial charge in [-0.2, -0.15) is 0 Å². The maximum Gasteiger partial charge on any atom is 0.326 e. The van der Waals surface area contributed by atoms with Gasteiger partial charge < -0.3 is 20.5 Å². The Labute approximate surface area is 89.0 Å². The van der Waals surface area contributed by atoms with Crippen LogP contribution in [-0.4, -0.2) is 37.0 Å². The summed E-state index contributed by atoms with van der Waals surface area (Å²) in [6.45, 7) is 3.84. The number of urea groups is 1. The largest absolute Gasteiger partial charge is 0.480 e. The van der Waals surface area contributed by atoms with Gasteiger partial charge in [0.25, 0.3) is 0 Å². The topological polar surface area (TPSA) is 87.7 Å². The van der Waals surface area contributed by atoms with Gasteiger partial charge in [0.15, 0.2) is 0 Å². The van der Waals surface area contributed by atoms with Crippen LogP contribution in [0.1, 0.15) is 20.3 Å². The van der Waals surface area contributed by atoms with Gasteiger partial charge in [-0.05, 0) is 12.3 Å². The van der Waals surface area contributed by atoms with Crippen molar-refractivity contribution in [2.75, 3.05) is 13.8 Å². The molecule has 6 heteroatoms. The average molecular weight is 218 g/mol. The highest BCUT2D eigenvalue weighted by molar-refractivity contribution is 5.82. The van der Waals surface area contributed by atoms with Crippen LogP contribution in [0.3, 0.4) is 0 Å². The lowest BCUT2D eigenvalue weighted by Crippen LogP contribution is -2.46. The van der Waals surface area contributed by atoms with Crippen LogP contribution >= 0.6 is 0 Å². The third kappa shape index (κ3) is 6.73. The molecule has 6 nitrogen and oxygen atoms in total. The first kappa shape index (κ1) is 13.7. The average Bonchev–Trinajstić information content (AvgIpc) is 2.12. The number of methoxy groups -OCH3 is 1. The summed E-state index contributed by atoms with van der Waals surface area (Å²) in [4.78, 5) is 21.9. The van der Waals surface area contributed by atoms with Crippen molar-refractivity contribution in [1.29, 1.82) is 0 Å². The van der Waals surface area contributed by atoms with Crippen LogP contribution in [0, 0.1) is 5.92 Å². The van der Waals surface area contributed by atoms with E-state index in [0.29, 0.717) is 6.42 Å². The Morgan fingerprint density at radius 2 is 2.00 bits per heavy atom. The van der Waals surface area contributed by atoms with E-state index in [1.54, 1.807) is 0 Å². The third-order valence-corrected chi connectivity index (χ3v) is 1.69. The molecule has 0 aromatic carbocycles. The van der Waals surface area contributed by atoms with Crippen LogP contribution < -0.4 is 10.6 Å². The van der Waals surface area contributed by atoms with Crippen molar-refractivity contribution in [1.82, 2.24) is 10.6 Å². The zero-order chi connectivity index (χ0) is 11.8. The van der Waals surface area contributed by atoms with Crippen LogP contribution in [0.25, 0.3) is 0 Å². The Balaban J connectivity index is 4.05. The minimum atomic E-state index is -1.03. The third-order valence-electron chi connectivity index (χ3n) is 1.69. The number of hydrogen-bond donors (Lipinski definition) is 3. The minimum absolute atomic E-state index is 0.0554. The van der Waals surface area contributed by atoms with Gasteiger partial charge in [-0.3, -0.25) is 0 Å². The summed E-state index contributed by atoms with van der Waals surface area (Å²) in [5.41, 5.74) is 0. The molecule has 0 bridgehead atoms. The fourth-order valence-corrected chi connectivity index (χ4v) is 1.04. The number of carboxylic acids is 1. The molecular weight excluding hydrogens is 200 g/mol. The highest BCUT2D eigenvalue weighted by Gasteiger charge is 2.20. The molecule has 0 rings (SSSR count). The molecule has 15 heavy (non-hydrogen) atoms. The van der Waals surface area contributed by atoms with E-state index in [1.807, 2.05) is 13.8 Å². The fourth-order valence-electron chi connectivity index (χ4n) is 1.04. The molecule has 0 spiro atoms. The van der Waals surface area contributed by atoms with Crippen LogP contribution in [0.15, 0.2) is 0 Å². The van der Waals surface area contributed by atoms with E-state index >= 15 is 0 Å². The Morgan fingerprint density at radius 1 is 1.40 bits per heavy atom. The number of amides is 2. The molecule has 88 valence electrons. The summed E-state index contributed by atoms with van der Waals surface area (Å²) in [7, 11) is 1.43. The van der Waals surface area contributed by atoms with E-state index in [4.69, 9.17) is 5.11 Å². The SMILES string of the molecule is COCNC(=O)NC(CC(C)C)C(=O)O. The highest BCUT2D eigenvalue weighted by Crippen LogP contribution is 2.04. The van der Waals surface area contributed by atoms with Gasteiger partial charge in [0.05, 0.1) is 0 Å². The van der Waals surface area contributed by atoms with Gasteiger partial charge in [0, 0.05) is 7.11 Å². The summed E-state index contributed by atoms with van der Waals surface area (Å²) in [5, 5.41) is 13.5. The molecule has 0 aliphatic carbocycles. The Kier molecular flexibility index (Phi) is 6.44. The molecule has 0 aliphatic heterocycles. The van der Waals surface area contributed by atoms with Crippen LogP contribution in [-0.2, 0) is 9.53 Å².